The van der Waals surface area contributed by atoms with Crippen molar-refractivity contribution in [1.29, 1.82) is 0 Å². The summed E-state index contributed by atoms with van der Waals surface area (Å²) in [5.74, 6) is 0. The Morgan fingerprint density at radius 3 is 2.74 bits per heavy atom. The van der Waals surface area contributed by atoms with Crippen LogP contribution in [-0.4, -0.2) is 28.0 Å². The van der Waals surface area contributed by atoms with Crippen LogP contribution in [0.4, 0.5) is 0 Å². The summed E-state index contributed by atoms with van der Waals surface area (Å²) in [4.78, 5) is 12.5. The molecule has 3 heterocycles. The number of aromatic nitrogens is 2. The Morgan fingerprint density at radius 1 is 1.17 bits per heavy atom. The molecule has 4 rings (SSSR count). The molecule has 3 nitrogen and oxygen atoms in total. The Balaban J connectivity index is 1.64. The fraction of sp³-hybridized carbons (Fsp3) is 0.353. The van der Waals surface area contributed by atoms with Gasteiger partial charge in [0.1, 0.15) is 0 Å². The zero-order valence-electron chi connectivity index (χ0n) is 13.1. The molecule has 23 heavy (non-hydrogen) atoms. The van der Waals surface area contributed by atoms with Gasteiger partial charge in [-0.3, -0.25) is 0 Å². The summed E-state index contributed by atoms with van der Waals surface area (Å²) in [5, 5.41) is 1.29. The predicted molar refractivity (Wildman–Crippen MR) is 79.6 cm³/mol. The van der Waals surface area contributed by atoms with Crippen LogP contribution in [-0.2, 0) is 30.0 Å². The summed E-state index contributed by atoms with van der Waals surface area (Å²) < 4.78 is 3.96. The van der Waals surface area contributed by atoms with E-state index in [1.165, 1.54) is 44.7 Å². The molecule has 0 N–H and O–H groups in total. The molecule has 0 atom stereocenters. The van der Waals surface area contributed by atoms with Gasteiger partial charge in [0.25, 0.3) is 0 Å². The first-order valence-electron chi connectivity index (χ1n) is 7.95. The minimum atomic E-state index is -0.656. The van der Waals surface area contributed by atoms with E-state index >= 15 is 0 Å². The van der Waals surface area contributed by atoms with Crippen LogP contribution in [0, 0.1) is 33.4 Å². The third-order valence-electron chi connectivity index (χ3n) is 4.30. The molecular formula is C17H18N3UVW. The van der Waals surface area contributed by atoms with Crippen LogP contribution in [0.15, 0.2) is 24.3 Å². The van der Waals surface area contributed by atoms with Crippen molar-refractivity contribution in [2.24, 2.45) is 0 Å². The monoisotopic (exact) mass is 737 g/mol. The van der Waals surface area contributed by atoms with E-state index in [1.807, 2.05) is 0 Å². The van der Waals surface area contributed by atoms with Gasteiger partial charge in [-0.05, 0) is 0 Å². The number of hydrogen-bond acceptors (Lipinski definition) is 3. The van der Waals surface area contributed by atoms with Gasteiger partial charge in [-0.1, -0.05) is 0 Å². The molecule has 1 fully saturated rings. The third kappa shape index (κ3) is 4.00. The summed E-state index contributed by atoms with van der Waals surface area (Å²) in [5.41, 5.74) is 4.89. The zero-order valence-corrected chi connectivity index (χ0v) is 21.6. The molecule has 0 bridgehead atoms. The van der Waals surface area contributed by atoms with Crippen molar-refractivity contribution in [2.45, 2.75) is 26.3 Å². The summed E-state index contributed by atoms with van der Waals surface area (Å²) in [6.07, 6.45) is 2.71. The molecule has 0 aliphatic carbocycles. The van der Waals surface area contributed by atoms with Gasteiger partial charge >= 0.3 is 161 Å². The zero-order chi connectivity index (χ0) is 15.6. The summed E-state index contributed by atoms with van der Waals surface area (Å²) >= 11 is -0.767. The van der Waals surface area contributed by atoms with E-state index < -0.39 is 24.2 Å². The normalized spacial score (nSPS) is 16.4. The van der Waals surface area contributed by atoms with Gasteiger partial charge in [0.05, 0.1) is 0 Å². The minimum absolute atomic E-state index is 0.110. The second-order valence-corrected chi connectivity index (χ2v) is 45.1. The molecule has 2 aliphatic rings. The van der Waals surface area contributed by atoms with Crippen LogP contribution in [0.25, 0.3) is 15.7 Å². The molecule has 1 saturated heterocycles. The fourth-order valence-electron chi connectivity index (χ4n) is 3.08. The molecule has 2 aromatic rings. The summed E-state index contributed by atoms with van der Waals surface area (Å²) in [6, 6.07) is 9.04. The van der Waals surface area contributed by atoms with Gasteiger partial charge in [-0.2, -0.15) is 0 Å². The first-order chi connectivity index (χ1) is 11.3. The van der Waals surface area contributed by atoms with Crippen molar-refractivity contribution in [3.63, 3.8) is 0 Å². The molecule has 0 unspecified atom stereocenters. The van der Waals surface area contributed by atoms with Gasteiger partial charge in [0, 0.05) is 0 Å². The van der Waals surface area contributed by atoms with E-state index in [1.54, 1.807) is 0 Å². The molecule has 6 heteroatoms. The molecule has 0 amide bonds. The van der Waals surface area contributed by atoms with Crippen molar-refractivity contribution >= 4 is 4.47 Å². The Hall–Kier alpha value is 0.455. The number of hydrogen-bond donors (Lipinski definition) is 0. The van der Waals surface area contributed by atoms with Crippen molar-refractivity contribution in [3.8, 4) is 11.3 Å². The molecule has 116 valence electrons. The van der Waals surface area contributed by atoms with Gasteiger partial charge in [-0.15, -0.1) is 0 Å². The van der Waals surface area contributed by atoms with E-state index in [2.05, 4.69) is 40.6 Å². The van der Waals surface area contributed by atoms with Crippen LogP contribution in [0.1, 0.15) is 24.1 Å². The molecular weight excluding hydrogens is 719 g/mol. The van der Waals surface area contributed by atoms with E-state index in [4.69, 9.17) is 9.97 Å². The van der Waals surface area contributed by atoms with E-state index in [9.17, 15) is 0 Å². The molecule has 2 aliphatic heterocycles. The average molecular weight is 737 g/mol. The van der Waals surface area contributed by atoms with E-state index in [0.29, 0.717) is 0 Å². The van der Waals surface area contributed by atoms with Crippen molar-refractivity contribution in [3.05, 3.63) is 43.2 Å². The fourth-order valence-corrected chi connectivity index (χ4v) is 41.4. The number of nitrogens with zero attached hydrogens (tertiary/aromatic N) is 3. The predicted octanol–water partition coefficient (Wildman–Crippen LogP) is 2.13. The number of aryl methyl sites for hydroxylation is 1. The van der Waals surface area contributed by atoms with Crippen LogP contribution < -0.4 is 5.35 Å². The molecule has 0 spiro atoms. The second-order valence-electron chi connectivity index (χ2n) is 6.00. The Morgan fingerprint density at radius 2 is 1.96 bits per heavy atom. The number of rotatable bonds is 3. The molecule has 1 aromatic carbocycles. The first-order valence-corrected chi connectivity index (χ1v) is 26.1. The molecule has 0 radical (unpaired) electrons. The maximum absolute atomic E-state index is 5.00. The SMILES string of the molecule is Cc1n[c]2c(nc1-c1ccc(CN3CCCC3)cc1)=[CH][W]=[V][U]=2. The number of benzene rings is 1. The summed E-state index contributed by atoms with van der Waals surface area (Å²) in [7, 11) is 0.786. The van der Waals surface area contributed by atoms with Crippen molar-refractivity contribution < 1.29 is 47.7 Å². The second kappa shape index (κ2) is 7.78. The standard InChI is InChI=1S/C17H18N3.U.V.W/c1-13-11-18-14(2)17(19-13)16-7-5-15(6-8-16)12-20-9-3-4-10-20;;;/h1,5-8H,3-4,9-10,12H2,2H3;;;. The Labute approximate surface area is 159 Å². The van der Waals surface area contributed by atoms with E-state index in [-0.39, 0.29) is 15.6 Å². The Bertz CT molecular complexity index is 874. The van der Waals surface area contributed by atoms with Crippen LogP contribution in [0.3, 0.4) is 0 Å². The average Bonchev–Trinajstić information content (AvgIpc) is 3.08. The summed E-state index contributed by atoms with van der Waals surface area (Å²) in [6.45, 7) is 5.74. The maximum atomic E-state index is 5.00. The first kappa shape index (κ1) is 16.9. The van der Waals surface area contributed by atoms with Crippen LogP contribution >= 0.6 is 0 Å². The van der Waals surface area contributed by atoms with Gasteiger partial charge < -0.3 is 0 Å². The van der Waals surface area contributed by atoms with Crippen LogP contribution in [0.2, 0.25) is 0 Å². The molecule has 1 aromatic heterocycles. The van der Waals surface area contributed by atoms with Crippen molar-refractivity contribution in [1.82, 2.24) is 14.9 Å². The molecule has 0 saturated carbocycles. The van der Waals surface area contributed by atoms with Crippen molar-refractivity contribution in [2.75, 3.05) is 13.1 Å². The topological polar surface area (TPSA) is 29.0 Å². The Kier molecular flexibility index (Phi) is 5.71. The van der Waals surface area contributed by atoms with E-state index in [0.717, 1.165) is 25.9 Å². The number of fused-ring (bicyclic) bond motifs is 1. The van der Waals surface area contributed by atoms with Gasteiger partial charge in [-0.25, -0.2) is 0 Å². The van der Waals surface area contributed by atoms with Gasteiger partial charge in [0.15, 0.2) is 0 Å². The number of likely N-dealkylation sites (tertiary alicyclic amines) is 1. The quantitative estimate of drug-likeness (QED) is 0.484. The third-order valence-corrected chi connectivity index (χ3v) is 43.2. The van der Waals surface area contributed by atoms with Gasteiger partial charge in [0.2, 0.25) is 0 Å². The van der Waals surface area contributed by atoms with Crippen LogP contribution in [0.5, 0.6) is 0 Å².